The molecule has 1 aromatic heterocycles. The van der Waals surface area contributed by atoms with Crippen LogP contribution in [-0.2, 0) is 4.79 Å². The Kier molecular flexibility index (Phi) is 6.10. The minimum absolute atomic E-state index is 0.00273. The Morgan fingerprint density at radius 3 is 2.73 bits per heavy atom. The third kappa shape index (κ3) is 4.39. The first kappa shape index (κ1) is 16.6. The van der Waals surface area contributed by atoms with Crippen LogP contribution in [0.4, 0.5) is 0 Å². The van der Waals surface area contributed by atoms with Gasteiger partial charge in [0, 0.05) is 12.0 Å². The number of aryl methyl sites for hydroxylation is 1. The monoisotopic (exact) mass is 317 g/mol. The molecule has 1 amide bonds. The van der Waals surface area contributed by atoms with Gasteiger partial charge in [0.05, 0.1) is 16.6 Å². The van der Waals surface area contributed by atoms with Crippen LogP contribution in [0.25, 0.3) is 10.6 Å². The van der Waals surface area contributed by atoms with Crippen molar-refractivity contribution in [3.05, 3.63) is 40.9 Å². The SMILES string of the molecule is CNCCCC(=O)NC(C)c1sc(-c2ccccc2)nc1C. The summed E-state index contributed by atoms with van der Waals surface area (Å²) in [7, 11) is 1.90. The van der Waals surface area contributed by atoms with E-state index >= 15 is 0 Å². The van der Waals surface area contributed by atoms with Crippen LogP contribution < -0.4 is 10.6 Å². The van der Waals surface area contributed by atoms with Gasteiger partial charge in [0.1, 0.15) is 5.01 Å². The lowest BCUT2D eigenvalue weighted by molar-refractivity contribution is -0.121. The standard InChI is InChI=1S/C17H23N3OS/c1-12(19-15(21)10-7-11-18-3)16-13(2)20-17(22-16)14-8-5-4-6-9-14/h4-6,8-9,12,18H,7,10-11H2,1-3H3,(H,19,21). The number of aromatic nitrogens is 1. The van der Waals surface area contributed by atoms with Crippen molar-refractivity contribution >= 4 is 17.2 Å². The first-order valence-corrected chi connectivity index (χ1v) is 8.40. The molecule has 1 atom stereocenters. The maximum Gasteiger partial charge on any atom is 0.220 e. The number of carbonyl (C=O) groups is 1. The van der Waals surface area contributed by atoms with E-state index in [9.17, 15) is 4.79 Å². The van der Waals surface area contributed by atoms with E-state index in [1.54, 1.807) is 11.3 Å². The molecule has 0 saturated carbocycles. The maximum absolute atomic E-state index is 11.9. The van der Waals surface area contributed by atoms with Gasteiger partial charge in [-0.3, -0.25) is 4.79 Å². The molecular formula is C17H23N3OS. The Balaban J connectivity index is 2.03. The van der Waals surface area contributed by atoms with Gasteiger partial charge >= 0.3 is 0 Å². The number of thiazole rings is 1. The summed E-state index contributed by atoms with van der Waals surface area (Å²) >= 11 is 1.65. The zero-order chi connectivity index (χ0) is 15.9. The lowest BCUT2D eigenvalue weighted by Gasteiger charge is -2.12. The normalized spacial score (nSPS) is 12.1. The van der Waals surface area contributed by atoms with Crippen molar-refractivity contribution in [3.63, 3.8) is 0 Å². The van der Waals surface area contributed by atoms with E-state index in [0.29, 0.717) is 6.42 Å². The van der Waals surface area contributed by atoms with E-state index in [0.717, 1.165) is 34.1 Å². The number of nitrogens with one attached hydrogen (secondary N) is 2. The molecule has 22 heavy (non-hydrogen) atoms. The maximum atomic E-state index is 11.9. The summed E-state index contributed by atoms with van der Waals surface area (Å²) in [6, 6.07) is 10.1. The average Bonchev–Trinajstić information content (AvgIpc) is 2.90. The van der Waals surface area contributed by atoms with Crippen molar-refractivity contribution in [2.45, 2.75) is 32.7 Å². The minimum atomic E-state index is -0.00273. The highest BCUT2D eigenvalue weighted by Gasteiger charge is 2.16. The molecule has 0 saturated heterocycles. The summed E-state index contributed by atoms with van der Waals surface area (Å²) in [5, 5.41) is 7.12. The third-order valence-electron chi connectivity index (χ3n) is 3.45. The molecular weight excluding hydrogens is 294 g/mol. The highest BCUT2D eigenvalue weighted by atomic mass is 32.1. The van der Waals surface area contributed by atoms with Crippen molar-refractivity contribution in [1.82, 2.24) is 15.6 Å². The molecule has 1 unspecified atom stereocenters. The zero-order valence-corrected chi connectivity index (χ0v) is 14.2. The van der Waals surface area contributed by atoms with Gasteiger partial charge in [-0.2, -0.15) is 0 Å². The number of benzene rings is 1. The third-order valence-corrected chi connectivity index (χ3v) is 4.84. The highest BCUT2D eigenvalue weighted by Crippen LogP contribution is 2.31. The molecule has 0 radical (unpaired) electrons. The second-order valence-electron chi connectivity index (χ2n) is 5.33. The largest absolute Gasteiger partial charge is 0.349 e. The lowest BCUT2D eigenvalue weighted by atomic mass is 10.2. The van der Waals surface area contributed by atoms with E-state index in [1.807, 2.05) is 39.1 Å². The van der Waals surface area contributed by atoms with E-state index in [4.69, 9.17) is 0 Å². The Morgan fingerprint density at radius 2 is 2.05 bits per heavy atom. The Bertz CT molecular complexity index is 610. The van der Waals surface area contributed by atoms with Crippen LogP contribution >= 0.6 is 11.3 Å². The second-order valence-corrected chi connectivity index (χ2v) is 6.36. The van der Waals surface area contributed by atoms with E-state index in [-0.39, 0.29) is 11.9 Å². The van der Waals surface area contributed by atoms with Crippen molar-refractivity contribution in [3.8, 4) is 10.6 Å². The van der Waals surface area contributed by atoms with E-state index in [1.165, 1.54) is 0 Å². The average molecular weight is 317 g/mol. The van der Waals surface area contributed by atoms with E-state index < -0.39 is 0 Å². The summed E-state index contributed by atoms with van der Waals surface area (Å²) < 4.78 is 0. The number of amides is 1. The predicted octanol–water partition coefficient (Wildman–Crippen LogP) is 3.30. The van der Waals surface area contributed by atoms with Crippen molar-refractivity contribution in [2.24, 2.45) is 0 Å². The molecule has 2 rings (SSSR count). The summed E-state index contributed by atoms with van der Waals surface area (Å²) in [4.78, 5) is 17.7. The molecule has 5 heteroatoms. The molecule has 0 fully saturated rings. The van der Waals surface area contributed by atoms with Crippen molar-refractivity contribution < 1.29 is 4.79 Å². The number of rotatable bonds is 7. The molecule has 118 valence electrons. The van der Waals surface area contributed by atoms with Gasteiger partial charge in [-0.25, -0.2) is 4.98 Å². The zero-order valence-electron chi connectivity index (χ0n) is 13.3. The molecule has 0 bridgehead atoms. The fourth-order valence-electron chi connectivity index (χ4n) is 2.32. The molecule has 4 nitrogen and oxygen atoms in total. The Hall–Kier alpha value is -1.72. The first-order valence-electron chi connectivity index (χ1n) is 7.58. The van der Waals surface area contributed by atoms with Gasteiger partial charge in [-0.15, -0.1) is 11.3 Å². The first-order chi connectivity index (χ1) is 10.6. The molecule has 2 aromatic rings. The Morgan fingerprint density at radius 1 is 1.32 bits per heavy atom. The summed E-state index contributed by atoms with van der Waals surface area (Å²) in [6.45, 7) is 4.88. The number of nitrogens with zero attached hydrogens (tertiary/aromatic N) is 1. The van der Waals surface area contributed by atoms with Crippen LogP contribution in [0.1, 0.15) is 36.4 Å². The van der Waals surface area contributed by atoms with Gasteiger partial charge in [0.2, 0.25) is 5.91 Å². The molecule has 0 aliphatic rings. The van der Waals surface area contributed by atoms with Crippen molar-refractivity contribution in [1.29, 1.82) is 0 Å². The predicted molar refractivity (Wildman–Crippen MR) is 92.0 cm³/mol. The van der Waals surface area contributed by atoms with Gasteiger partial charge < -0.3 is 10.6 Å². The van der Waals surface area contributed by atoms with Crippen LogP contribution in [-0.4, -0.2) is 24.5 Å². The number of hydrogen-bond acceptors (Lipinski definition) is 4. The molecule has 0 aliphatic carbocycles. The lowest BCUT2D eigenvalue weighted by Crippen LogP contribution is -2.27. The topological polar surface area (TPSA) is 54.0 Å². The molecule has 0 aliphatic heterocycles. The fourth-order valence-corrected chi connectivity index (χ4v) is 3.39. The van der Waals surface area contributed by atoms with E-state index in [2.05, 4.69) is 27.8 Å². The highest BCUT2D eigenvalue weighted by molar-refractivity contribution is 7.15. The van der Waals surface area contributed by atoms with Crippen LogP contribution in [0, 0.1) is 6.92 Å². The van der Waals surface area contributed by atoms with Crippen LogP contribution in [0.5, 0.6) is 0 Å². The quantitative estimate of drug-likeness (QED) is 0.771. The van der Waals surface area contributed by atoms with Gasteiger partial charge in [0.25, 0.3) is 0 Å². The summed E-state index contributed by atoms with van der Waals surface area (Å²) in [6.07, 6.45) is 1.40. The van der Waals surface area contributed by atoms with Gasteiger partial charge in [-0.05, 0) is 33.9 Å². The molecule has 0 spiro atoms. The number of hydrogen-bond donors (Lipinski definition) is 2. The van der Waals surface area contributed by atoms with Crippen LogP contribution in [0.2, 0.25) is 0 Å². The molecule has 1 heterocycles. The Labute approximate surface area is 136 Å². The van der Waals surface area contributed by atoms with Crippen LogP contribution in [0.3, 0.4) is 0 Å². The second kappa shape index (κ2) is 8.06. The van der Waals surface area contributed by atoms with Gasteiger partial charge in [0.15, 0.2) is 0 Å². The molecule has 1 aromatic carbocycles. The van der Waals surface area contributed by atoms with Gasteiger partial charge in [-0.1, -0.05) is 30.3 Å². The van der Waals surface area contributed by atoms with Crippen molar-refractivity contribution in [2.75, 3.05) is 13.6 Å². The smallest absolute Gasteiger partial charge is 0.220 e. The molecule has 2 N–H and O–H groups in total. The fraction of sp³-hybridized carbons (Fsp3) is 0.412. The number of carbonyl (C=O) groups excluding carboxylic acids is 1. The minimum Gasteiger partial charge on any atom is -0.349 e. The summed E-state index contributed by atoms with van der Waals surface area (Å²) in [5.41, 5.74) is 2.11. The summed E-state index contributed by atoms with van der Waals surface area (Å²) in [5.74, 6) is 0.0943. The van der Waals surface area contributed by atoms with Crippen LogP contribution in [0.15, 0.2) is 30.3 Å².